The van der Waals surface area contributed by atoms with E-state index in [-0.39, 0.29) is 23.6 Å². The van der Waals surface area contributed by atoms with Gasteiger partial charge in [-0.05, 0) is 56.2 Å². The number of nitrogens with zero attached hydrogens (tertiary/aromatic N) is 4. The molecule has 9 heteroatoms. The summed E-state index contributed by atoms with van der Waals surface area (Å²) in [5, 5.41) is 14.0. The highest BCUT2D eigenvalue weighted by molar-refractivity contribution is 5.97. The van der Waals surface area contributed by atoms with E-state index in [1.165, 1.54) is 6.26 Å². The van der Waals surface area contributed by atoms with Crippen LogP contribution in [0, 0.1) is 6.92 Å². The number of carbonyl (C=O) groups excluding carboxylic acids is 2. The average Bonchev–Trinajstić information content (AvgIpc) is 3.29. The van der Waals surface area contributed by atoms with Crippen molar-refractivity contribution in [3.8, 4) is 5.69 Å². The summed E-state index contributed by atoms with van der Waals surface area (Å²) < 4.78 is 6.79. The van der Waals surface area contributed by atoms with Crippen LogP contribution in [0.4, 0.5) is 0 Å². The largest absolute Gasteiger partial charge is 0.449 e. The highest BCUT2D eigenvalue weighted by Gasteiger charge is 2.27. The minimum atomic E-state index is -0.265. The number of oxazole rings is 1. The zero-order chi connectivity index (χ0) is 21.1. The van der Waals surface area contributed by atoms with Crippen molar-refractivity contribution in [2.24, 2.45) is 0 Å². The van der Waals surface area contributed by atoms with Crippen LogP contribution < -0.4 is 10.6 Å². The van der Waals surface area contributed by atoms with Gasteiger partial charge in [0.2, 0.25) is 0 Å². The summed E-state index contributed by atoms with van der Waals surface area (Å²) in [6.07, 6.45) is 6.96. The number of carbonyl (C=O) groups is 2. The Kier molecular flexibility index (Phi) is 5.42. The molecule has 1 fully saturated rings. The lowest BCUT2D eigenvalue weighted by atomic mass is 10.2. The summed E-state index contributed by atoms with van der Waals surface area (Å²) in [6, 6.07) is 7.15. The molecule has 0 bridgehead atoms. The van der Waals surface area contributed by atoms with E-state index < -0.39 is 0 Å². The lowest BCUT2D eigenvalue weighted by molar-refractivity contribution is 0.0941. The van der Waals surface area contributed by atoms with Crippen molar-refractivity contribution in [2.45, 2.75) is 32.7 Å². The first-order valence-corrected chi connectivity index (χ1v) is 9.80. The monoisotopic (exact) mass is 406 g/mol. The van der Waals surface area contributed by atoms with Crippen LogP contribution >= 0.6 is 0 Å². The normalized spacial score (nSPS) is 13.5. The Bertz CT molecular complexity index is 1090. The van der Waals surface area contributed by atoms with Crippen molar-refractivity contribution >= 4 is 24.0 Å². The Balaban J connectivity index is 1.67. The van der Waals surface area contributed by atoms with E-state index in [4.69, 9.17) is 4.42 Å². The molecule has 2 heterocycles. The maximum atomic E-state index is 12.6. The number of nitrogens with one attached hydrogen (secondary N) is 2. The van der Waals surface area contributed by atoms with Gasteiger partial charge in [0.15, 0.2) is 11.6 Å². The number of hydrogen-bond acceptors (Lipinski definition) is 6. The second-order valence-electron chi connectivity index (χ2n) is 7.01. The van der Waals surface area contributed by atoms with Crippen molar-refractivity contribution in [1.82, 2.24) is 30.6 Å². The molecular formula is C21H22N6O3. The van der Waals surface area contributed by atoms with Crippen LogP contribution in [-0.4, -0.2) is 44.4 Å². The van der Waals surface area contributed by atoms with Crippen molar-refractivity contribution < 1.29 is 14.0 Å². The number of aryl methyl sites for hydroxylation is 1. The molecule has 3 aromatic rings. The molecule has 2 N–H and O–H groups in total. The van der Waals surface area contributed by atoms with Crippen molar-refractivity contribution in [1.29, 1.82) is 0 Å². The van der Waals surface area contributed by atoms with Crippen LogP contribution in [0.3, 0.4) is 0 Å². The molecule has 0 atom stereocenters. The highest BCUT2D eigenvalue weighted by Crippen LogP contribution is 2.21. The second-order valence-corrected chi connectivity index (χ2v) is 7.01. The zero-order valence-corrected chi connectivity index (χ0v) is 16.8. The Morgan fingerprint density at radius 1 is 1.20 bits per heavy atom. The molecule has 30 heavy (non-hydrogen) atoms. The Labute approximate surface area is 173 Å². The van der Waals surface area contributed by atoms with Gasteiger partial charge in [-0.15, -0.1) is 5.10 Å². The summed E-state index contributed by atoms with van der Waals surface area (Å²) >= 11 is 0. The van der Waals surface area contributed by atoms with Gasteiger partial charge in [0.1, 0.15) is 17.7 Å². The smallest absolute Gasteiger partial charge is 0.274 e. The summed E-state index contributed by atoms with van der Waals surface area (Å²) in [5.74, 6) is 0.140. The molecule has 0 aliphatic heterocycles. The molecule has 1 aliphatic carbocycles. The van der Waals surface area contributed by atoms with Crippen LogP contribution in [0.25, 0.3) is 17.8 Å². The second kappa shape index (κ2) is 8.32. The molecule has 0 unspecified atom stereocenters. The molecule has 2 amide bonds. The van der Waals surface area contributed by atoms with Crippen molar-refractivity contribution in [3.05, 3.63) is 59.1 Å². The maximum absolute atomic E-state index is 12.6. The van der Waals surface area contributed by atoms with E-state index in [9.17, 15) is 9.59 Å². The fraction of sp³-hybridized carbons (Fsp3) is 0.286. The van der Waals surface area contributed by atoms with Gasteiger partial charge < -0.3 is 15.1 Å². The molecule has 0 radical (unpaired) electrons. The van der Waals surface area contributed by atoms with E-state index in [1.54, 1.807) is 48.0 Å². The predicted octanol–water partition coefficient (Wildman–Crippen LogP) is 2.38. The SMILES string of the molecule is CCNC(=O)c1ccc(-n2nnc(C(=O)NC3CC3)c2C=Cc2coc(C)n2)cc1. The van der Waals surface area contributed by atoms with Crippen LogP contribution in [-0.2, 0) is 0 Å². The van der Waals surface area contributed by atoms with Gasteiger partial charge in [-0.1, -0.05) is 5.21 Å². The fourth-order valence-electron chi connectivity index (χ4n) is 2.91. The number of hydrogen-bond donors (Lipinski definition) is 2. The Hall–Kier alpha value is -3.75. The third-order valence-electron chi connectivity index (χ3n) is 4.59. The van der Waals surface area contributed by atoms with E-state index in [1.807, 2.05) is 6.92 Å². The molecular weight excluding hydrogens is 384 g/mol. The number of rotatable bonds is 7. The van der Waals surface area contributed by atoms with E-state index >= 15 is 0 Å². The van der Waals surface area contributed by atoms with Crippen LogP contribution in [0.2, 0.25) is 0 Å². The molecule has 2 aromatic heterocycles. The lowest BCUT2D eigenvalue weighted by Gasteiger charge is -2.07. The molecule has 4 rings (SSSR count). The minimum absolute atomic E-state index is 0.145. The standard InChI is InChI=1S/C21H22N6O3/c1-3-22-20(28)14-4-9-17(10-5-14)27-18(11-8-16-12-30-13(2)23-16)19(25-26-27)21(29)24-15-6-7-15/h4-5,8-12,15H,3,6-7H2,1-2H3,(H,22,28)(H,24,29). The first-order valence-electron chi connectivity index (χ1n) is 9.80. The summed E-state index contributed by atoms with van der Waals surface area (Å²) in [5.41, 5.74) is 2.59. The van der Waals surface area contributed by atoms with E-state index in [0.29, 0.717) is 35.1 Å². The predicted molar refractivity (Wildman–Crippen MR) is 110 cm³/mol. The highest BCUT2D eigenvalue weighted by atomic mass is 16.3. The van der Waals surface area contributed by atoms with Crippen molar-refractivity contribution in [3.63, 3.8) is 0 Å². The molecule has 1 saturated carbocycles. The topological polar surface area (TPSA) is 115 Å². The van der Waals surface area contributed by atoms with E-state index in [0.717, 1.165) is 12.8 Å². The Morgan fingerprint density at radius 3 is 2.60 bits per heavy atom. The third kappa shape index (κ3) is 4.29. The number of benzene rings is 1. The molecule has 0 saturated heterocycles. The summed E-state index contributed by atoms with van der Waals surface area (Å²) in [4.78, 5) is 28.9. The van der Waals surface area contributed by atoms with Gasteiger partial charge in [-0.25, -0.2) is 9.67 Å². The number of amides is 2. The molecule has 154 valence electrons. The zero-order valence-electron chi connectivity index (χ0n) is 16.8. The van der Waals surface area contributed by atoms with Crippen LogP contribution in [0.5, 0.6) is 0 Å². The van der Waals surface area contributed by atoms with Crippen molar-refractivity contribution in [2.75, 3.05) is 6.54 Å². The van der Waals surface area contributed by atoms with Crippen LogP contribution in [0.15, 0.2) is 34.9 Å². The van der Waals surface area contributed by atoms with Gasteiger partial charge in [0, 0.05) is 25.1 Å². The van der Waals surface area contributed by atoms with Gasteiger partial charge >= 0.3 is 0 Å². The first kappa shape index (κ1) is 19.6. The molecule has 1 aliphatic rings. The molecule has 9 nitrogen and oxygen atoms in total. The molecule has 0 spiro atoms. The van der Waals surface area contributed by atoms with Gasteiger partial charge in [0.25, 0.3) is 11.8 Å². The van der Waals surface area contributed by atoms with Gasteiger partial charge in [-0.2, -0.15) is 0 Å². The fourth-order valence-corrected chi connectivity index (χ4v) is 2.91. The third-order valence-corrected chi connectivity index (χ3v) is 4.59. The lowest BCUT2D eigenvalue weighted by Crippen LogP contribution is -2.26. The maximum Gasteiger partial charge on any atom is 0.274 e. The number of aromatic nitrogens is 4. The van der Waals surface area contributed by atoms with Gasteiger partial charge in [0.05, 0.1) is 5.69 Å². The molecule has 1 aromatic carbocycles. The summed E-state index contributed by atoms with van der Waals surface area (Å²) in [6.45, 7) is 4.18. The van der Waals surface area contributed by atoms with Gasteiger partial charge in [-0.3, -0.25) is 9.59 Å². The summed E-state index contributed by atoms with van der Waals surface area (Å²) in [7, 11) is 0. The average molecular weight is 406 g/mol. The van der Waals surface area contributed by atoms with Crippen LogP contribution in [0.1, 0.15) is 57.9 Å². The minimum Gasteiger partial charge on any atom is -0.449 e. The Morgan fingerprint density at radius 2 is 1.97 bits per heavy atom. The quantitative estimate of drug-likeness (QED) is 0.623. The first-order chi connectivity index (χ1) is 14.5. The van der Waals surface area contributed by atoms with E-state index in [2.05, 4.69) is 25.9 Å².